The number of hydrogen-bond donors (Lipinski definition) is 1. The van der Waals surface area contributed by atoms with Crippen molar-refractivity contribution in [1.82, 2.24) is 25.2 Å². The van der Waals surface area contributed by atoms with Crippen molar-refractivity contribution in [2.45, 2.75) is 51.9 Å². The van der Waals surface area contributed by atoms with Gasteiger partial charge < -0.3 is 10.1 Å². The molecule has 23 heavy (non-hydrogen) atoms. The van der Waals surface area contributed by atoms with E-state index in [-0.39, 0.29) is 17.9 Å². The highest BCUT2D eigenvalue weighted by molar-refractivity contribution is 5.79. The lowest BCUT2D eigenvalue weighted by Crippen LogP contribution is -2.58. The van der Waals surface area contributed by atoms with Crippen molar-refractivity contribution >= 4 is 5.91 Å². The molecule has 128 valence electrons. The molecule has 7 heteroatoms. The van der Waals surface area contributed by atoms with Crippen LogP contribution in [0.4, 0.5) is 0 Å². The molecule has 2 bridgehead atoms. The van der Waals surface area contributed by atoms with Gasteiger partial charge in [-0.05, 0) is 39.2 Å². The van der Waals surface area contributed by atoms with Gasteiger partial charge in [0, 0.05) is 25.7 Å². The molecule has 4 heterocycles. The lowest BCUT2D eigenvalue weighted by Gasteiger charge is -2.49. The van der Waals surface area contributed by atoms with E-state index >= 15 is 0 Å². The molecule has 1 amide bonds. The molecule has 1 aromatic heterocycles. The van der Waals surface area contributed by atoms with Gasteiger partial charge in [0.05, 0.1) is 25.3 Å². The summed E-state index contributed by atoms with van der Waals surface area (Å²) in [6, 6.07) is 0.664. The number of piperidine rings is 3. The Morgan fingerprint density at radius 2 is 2.35 bits per heavy atom. The van der Waals surface area contributed by atoms with E-state index in [0.29, 0.717) is 18.6 Å². The second kappa shape index (κ2) is 6.97. The van der Waals surface area contributed by atoms with Crippen LogP contribution in [0.3, 0.4) is 0 Å². The number of methoxy groups -OCH3 is 1. The van der Waals surface area contributed by atoms with E-state index in [0.717, 1.165) is 38.2 Å². The van der Waals surface area contributed by atoms with Gasteiger partial charge in [0.25, 0.3) is 0 Å². The van der Waals surface area contributed by atoms with E-state index in [4.69, 9.17) is 4.74 Å². The number of aromatic nitrogens is 3. The Hall–Kier alpha value is -1.47. The Morgan fingerprint density at radius 1 is 1.52 bits per heavy atom. The minimum Gasteiger partial charge on any atom is -0.378 e. The van der Waals surface area contributed by atoms with Crippen molar-refractivity contribution in [3.8, 4) is 0 Å². The SMILES string of the molecule is COCc1cn(C[C@H]2C[C@@H]3CCN2C[C@H]3C(=O)NC(C)C)nn1. The average Bonchev–Trinajstić information content (AvgIpc) is 2.95. The summed E-state index contributed by atoms with van der Waals surface area (Å²) in [4.78, 5) is 14.8. The summed E-state index contributed by atoms with van der Waals surface area (Å²) in [5.74, 6) is 0.851. The summed E-state index contributed by atoms with van der Waals surface area (Å²) in [7, 11) is 1.66. The maximum Gasteiger partial charge on any atom is 0.224 e. The number of carbonyl (C=O) groups is 1. The molecular formula is C16H27N5O2. The maximum atomic E-state index is 12.4. The molecule has 4 rings (SSSR count). The largest absolute Gasteiger partial charge is 0.378 e. The third-order valence-electron chi connectivity index (χ3n) is 4.92. The molecule has 0 radical (unpaired) electrons. The lowest BCUT2D eigenvalue weighted by molar-refractivity contribution is -0.133. The second-order valence-corrected chi connectivity index (χ2v) is 7.07. The summed E-state index contributed by atoms with van der Waals surface area (Å²) in [6.07, 6.45) is 4.14. The molecule has 0 aliphatic carbocycles. The summed E-state index contributed by atoms with van der Waals surface area (Å²) >= 11 is 0. The highest BCUT2D eigenvalue weighted by atomic mass is 16.5. The number of nitrogens with one attached hydrogen (secondary N) is 1. The number of carbonyl (C=O) groups excluding carboxylic acids is 1. The topological polar surface area (TPSA) is 72.3 Å². The molecular weight excluding hydrogens is 294 g/mol. The van der Waals surface area contributed by atoms with Gasteiger partial charge in [-0.2, -0.15) is 0 Å². The molecule has 3 aliphatic heterocycles. The van der Waals surface area contributed by atoms with Gasteiger partial charge in [0.15, 0.2) is 0 Å². The van der Waals surface area contributed by atoms with Crippen LogP contribution in [0.2, 0.25) is 0 Å². The van der Waals surface area contributed by atoms with Crippen LogP contribution >= 0.6 is 0 Å². The zero-order chi connectivity index (χ0) is 16.4. The first-order valence-electron chi connectivity index (χ1n) is 8.49. The average molecular weight is 321 g/mol. The van der Waals surface area contributed by atoms with Crippen LogP contribution in [-0.2, 0) is 22.7 Å². The highest BCUT2D eigenvalue weighted by Gasteiger charge is 2.43. The summed E-state index contributed by atoms with van der Waals surface area (Å²) in [5.41, 5.74) is 0.859. The van der Waals surface area contributed by atoms with Gasteiger partial charge >= 0.3 is 0 Å². The Kier molecular flexibility index (Phi) is 4.96. The summed E-state index contributed by atoms with van der Waals surface area (Å²) < 4.78 is 6.99. The van der Waals surface area contributed by atoms with Crippen molar-refractivity contribution in [1.29, 1.82) is 0 Å². The molecule has 3 fully saturated rings. The Labute approximate surface area is 137 Å². The first-order valence-corrected chi connectivity index (χ1v) is 8.49. The summed E-state index contributed by atoms with van der Waals surface area (Å²) in [5, 5.41) is 11.4. The number of amides is 1. The fourth-order valence-electron chi connectivity index (χ4n) is 3.87. The third-order valence-corrected chi connectivity index (χ3v) is 4.92. The van der Waals surface area contributed by atoms with Crippen LogP contribution in [0, 0.1) is 11.8 Å². The van der Waals surface area contributed by atoms with Crippen LogP contribution < -0.4 is 5.32 Å². The third kappa shape index (κ3) is 3.72. The van der Waals surface area contributed by atoms with E-state index in [1.807, 2.05) is 24.7 Å². The molecule has 1 unspecified atom stereocenters. The molecule has 0 spiro atoms. The molecule has 1 aromatic rings. The van der Waals surface area contributed by atoms with Gasteiger partial charge in [0.1, 0.15) is 5.69 Å². The minimum atomic E-state index is 0.141. The zero-order valence-corrected chi connectivity index (χ0v) is 14.2. The minimum absolute atomic E-state index is 0.141. The maximum absolute atomic E-state index is 12.4. The van der Waals surface area contributed by atoms with E-state index in [9.17, 15) is 4.79 Å². The van der Waals surface area contributed by atoms with E-state index in [1.54, 1.807) is 7.11 Å². The monoisotopic (exact) mass is 321 g/mol. The molecule has 3 saturated heterocycles. The van der Waals surface area contributed by atoms with Gasteiger partial charge in [-0.25, -0.2) is 0 Å². The number of rotatable bonds is 6. The predicted octanol–water partition coefficient (Wildman–Crippen LogP) is 0.660. The van der Waals surface area contributed by atoms with Gasteiger partial charge in [-0.15, -0.1) is 5.10 Å². The van der Waals surface area contributed by atoms with Crippen LogP contribution in [0.25, 0.3) is 0 Å². The van der Waals surface area contributed by atoms with E-state index in [1.165, 1.54) is 0 Å². The fraction of sp³-hybridized carbons (Fsp3) is 0.812. The number of hydrogen-bond acceptors (Lipinski definition) is 5. The van der Waals surface area contributed by atoms with Crippen molar-refractivity contribution in [3.63, 3.8) is 0 Å². The standard InChI is InChI=1S/C16H27N5O2/c1-11(2)17-16(22)15-9-20-5-4-12(15)6-14(20)8-21-7-13(10-23-3)18-19-21/h7,11-12,14-15H,4-6,8-10H2,1-3H3,(H,17,22)/t12-,14+,15+/m0/s1. The number of nitrogens with zero attached hydrogens (tertiary/aromatic N) is 4. The highest BCUT2D eigenvalue weighted by Crippen LogP contribution is 2.36. The molecule has 1 N–H and O–H groups in total. The van der Waals surface area contributed by atoms with Crippen molar-refractivity contribution in [2.24, 2.45) is 11.8 Å². The smallest absolute Gasteiger partial charge is 0.224 e. The quantitative estimate of drug-likeness (QED) is 0.833. The Bertz CT molecular complexity index is 544. The number of ether oxygens (including phenoxy) is 1. The molecule has 0 aromatic carbocycles. The van der Waals surface area contributed by atoms with Crippen LogP contribution in [0.1, 0.15) is 32.4 Å². The first kappa shape index (κ1) is 16.4. The lowest BCUT2D eigenvalue weighted by atomic mass is 9.75. The van der Waals surface area contributed by atoms with Gasteiger partial charge in [-0.3, -0.25) is 14.4 Å². The van der Waals surface area contributed by atoms with Crippen LogP contribution in [-0.4, -0.2) is 58.1 Å². The van der Waals surface area contributed by atoms with Crippen molar-refractivity contribution in [3.05, 3.63) is 11.9 Å². The van der Waals surface area contributed by atoms with Gasteiger partial charge in [-0.1, -0.05) is 5.21 Å². The second-order valence-electron chi connectivity index (χ2n) is 7.07. The number of fused-ring (bicyclic) bond motifs is 3. The Balaban J connectivity index is 1.59. The molecule has 4 atom stereocenters. The predicted molar refractivity (Wildman–Crippen MR) is 85.6 cm³/mol. The first-order chi connectivity index (χ1) is 11.1. The van der Waals surface area contributed by atoms with E-state index < -0.39 is 0 Å². The zero-order valence-electron chi connectivity index (χ0n) is 14.2. The summed E-state index contributed by atoms with van der Waals surface area (Å²) in [6.45, 7) is 7.32. The van der Waals surface area contributed by atoms with Gasteiger partial charge in [0.2, 0.25) is 5.91 Å². The Morgan fingerprint density at radius 3 is 3.00 bits per heavy atom. The molecule has 0 saturated carbocycles. The fourth-order valence-corrected chi connectivity index (χ4v) is 3.87. The van der Waals surface area contributed by atoms with Crippen molar-refractivity contribution in [2.75, 3.05) is 20.2 Å². The van der Waals surface area contributed by atoms with Crippen molar-refractivity contribution < 1.29 is 9.53 Å². The normalized spacial score (nSPS) is 29.9. The van der Waals surface area contributed by atoms with Crippen LogP contribution in [0.15, 0.2) is 6.20 Å². The molecule has 3 aliphatic rings. The van der Waals surface area contributed by atoms with E-state index in [2.05, 4.69) is 20.5 Å². The molecule has 7 nitrogen and oxygen atoms in total. The van der Waals surface area contributed by atoms with Crippen LogP contribution in [0.5, 0.6) is 0 Å².